The third kappa shape index (κ3) is 3.26. The molecule has 98 valence electrons. The molecule has 0 aliphatic rings. The molecule has 0 saturated carbocycles. The summed E-state index contributed by atoms with van der Waals surface area (Å²) in [5, 5.41) is 21.2. The van der Waals surface area contributed by atoms with Gasteiger partial charge in [0.05, 0.1) is 11.1 Å². The molecule has 0 aliphatic heterocycles. The van der Waals surface area contributed by atoms with Crippen molar-refractivity contribution in [3.63, 3.8) is 0 Å². The fourth-order valence-electron chi connectivity index (χ4n) is 1.76. The number of halogens is 2. The number of hydrogen-bond acceptors (Lipinski definition) is 3. The maximum absolute atomic E-state index is 13.2. The van der Waals surface area contributed by atoms with Crippen LogP contribution in [0, 0.1) is 28.5 Å². The largest absolute Gasteiger partial charge is 0.381 e. The summed E-state index contributed by atoms with van der Waals surface area (Å²) >= 11 is 5.77. The van der Waals surface area contributed by atoms with Crippen LogP contribution in [0.4, 0.5) is 10.1 Å². The highest BCUT2D eigenvalue weighted by molar-refractivity contribution is 6.30. The van der Waals surface area contributed by atoms with Gasteiger partial charge in [0, 0.05) is 17.3 Å². The van der Waals surface area contributed by atoms with Crippen molar-refractivity contribution in [3.8, 4) is 12.1 Å². The summed E-state index contributed by atoms with van der Waals surface area (Å²) in [5.41, 5.74) is 2.00. The van der Waals surface area contributed by atoms with E-state index in [9.17, 15) is 4.39 Å². The highest BCUT2D eigenvalue weighted by Crippen LogP contribution is 2.18. The van der Waals surface area contributed by atoms with Crippen molar-refractivity contribution in [2.45, 2.75) is 6.54 Å². The van der Waals surface area contributed by atoms with Gasteiger partial charge in [-0.3, -0.25) is 0 Å². The van der Waals surface area contributed by atoms with Gasteiger partial charge >= 0.3 is 0 Å². The summed E-state index contributed by atoms with van der Waals surface area (Å²) in [6, 6.07) is 13.0. The molecular formula is C15H9ClFN3. The summed E-state index contributed by atoms with van der Waals surface area (Å²) in [7, 11) is 0. The third-order valence-corrected chi connectivity index (χ3v) is 2.90. The molecule has 0 heterocycles. The number of nitriles is 2. The predicted molar refractivity (Wildman–Crippen MR) is 74.6 cm³/mol. The SMILES string of the molecule is N#Cc1ccc(NCc2cc(F)cc(Cl)c2)cc1C#N. The van der Waals surface area contributed by atoms with E-state index in [1.54, 1.807) is 24.3 Å². The predicted octanol–water partition coefficient (Wildman–Crippen LogP) is 3.83. The van der Waals surface area contributed by atoms with Crippen LogP contribution in [0.5, 0.6) is 0 Å². The average Bonchev–Trinajstić information content (AvgIpc) is 2.43. The van der Waals surface area contributed by atoms with E-state index in [2.05, 4.69) is 5.32 Å². The van der Waals surface area contributed by atoms with Crippen molar-refractivity contribution in [2.75, 3.05) is 5.32 Å². The number of rotatable bonds is 3. The Labute approximate surface area is 120 Å². The second-order valence-corrected chi connectivity index (χ2v) is 4.55. The van der Waals surface area contributed by atoms with Crippen molar-refractivity contribution in [1.82, 2.24) is 0 Å². The lowest BCUT2D eigenvalue weighted by molar-refractivity contribution is 0.626. The standard InChI is InChI=1S/C15H9ClFN3/c16-13-3-10(4-14(17)6-13)9-20-15-2-1-11(7-18)12(5-15)8-19/h1-6,20H,9H2. The molecular weight excluding hydrogens is 277 g/mol. The van der Waals surface area contributed by atoms with E-state index < -0.39 is 5.82 Å². The zero-order valence-corrected chi connectivity index (χ0v) is 11.1. The number of hydrogen-bond donors (Lipinski definition) is 1. The second-order valence-electron chi connectivity index (χ2n) is 4.12. The van der Waals surface area contributed by atoms with E-state index in [0.29, 0.717) is 33.9 Å². The lowest BCUT2D eigenvalue weighted by Gasteiger charge is -2.08. The molecule has 0 amide bonds. The van der Waals surface area contributed by atoms with E-state index in [-0.39, 0.29) is 0 Å². The van der Waals surface area contributed by atoms with Gasteiger partial charge in [-0.2, -0.15) is 10.5 Å². The van der Waals surface area contributed by atoms with Crippen molar-refractivity contribution in [1.29, 1.82) is 10.5 Å². The van der Waals surface area contributed by atoms with Gasteiger partial charge in [0.25, 0.3) is 0 Å². The van der Waals surface area contributed by atoms with Crippen molar-refractivity contribution in [3.05, 3.63) is 63.9 Å². The zero-order valence-electron chi connectivity index (χ0n) is 10.3. The van der Waals surface area contributed by atoms with Gasteiger partial charge in [-0.15, -0.1) is 0 Å². The molecule has 0 atom stereocenters. The molecule has 2 aromatic carbocycles. The highest BCUT2D eigenvalue weighted by atomic mass is 35.5. The van der Waals surface area contributed by atoms with E-state index in [0.717, 1.165) is 0 Å². The minimum atomic E-state index is -0.396. The quantitative estimate of drug-likeness (QED) is 0.932. The van der Waals surface area contributed by atoms with Crippen LogP contribution in [-0.4, -0.2) is 0 Å². The first-order chi connectivity index (χ1) is 9.62. The molecule has 0 spiro atoms. The van der Waals surface area contributed by atoms with Gasteiger partial charge in [-0.05, 0) is 42.0 Å². The Balaban J connectivity index is 2.15. The smallest absolute Gasteiger partial charge is 0.125 e. The monoisotopic (exact) mass is 285 g/mol. The first-order valence-electron chi connectivity index (χ1n) is 5.75. The topological polar surface area (TPSA) is 59.6 Å². The molecule has 0 saturated heterocycles. The number of nitrogens with one attached hydrogen (secondary N) is 1. The molecule has 20 heavy (non-hydrogen) atoms. The van der Waals surface area contributed by atoms with Crippen LogP contribution in [0.1, 0.15) is 16.7 Å². The van der Waals surface area contributed by atoms with Gasteiger partial charge < -0.3 is 5.32 Å². The Bertz CT molecular complexity index is 709. The summed E-state index contributed by atoms with van der Waals surface area (Å²) in [5.74, 6) is -0.396. The average molecular weight is 286 g/mol. The molecule has 1 N–H and O–H groups in total. The molecule has 5 heteroatoms. The molecule has 0 radical (unpaired) electrons. The van der Waals surface area contributed by atoms with Crippen molar-refractivity contribution < 1.29 is 4.39 Å². The third-order valence-electron chi connectivity index (χ3n) is 2.68. The highest BCUT2D eigenvalue weighted by Gasteiger charge is 2.04. The Hall–Kier alpha value is -2.56. The molecule has 3 nitrogen and oxygen atoms in total. The molecule has 0 aromatic heterocycles. The fourth-order valence-corrected chi connectivity index (χ4v) is 2.01. The Morgan fingerprint density at radius 2 is 1.80 bits per heavy atom. The van der Waals surface area contributed by atoms with E-state index in [4.69, 9.17) is 22.1 Å². The number of anilines is 1. The summed E-state index contributed by atoms with van der Waals surface area (Å²) < 4.78 is 13.2. The Kier molecular flexibility index (Phi) is 4.20. The summed E-state index contributed by atoms with van der Waals surface area (Å²) in [6.45, 7) is 0.369. The molecule has 0 aliphatic carbocycles. The molecule has 0 bridgehead atoms. The normalized spacial score (nSPS) is 9.60. The lowest BCUT2D eigenvalue weighted by Crippen LogP contribution is -2.00. The van der Waals surface area contributed by atoms with Gasteiger partial charge in [-0.25, -0.2) is 4.39 Å². The fraction of sp³-hybridized carbons (Fsp3) is 0.0667. The molecule has 0 fully saturated rings. The summed E-state index contributed by atoms with van der Waals surface area (Å²) in [4.78, 5) is 0. The van der Waals surface area contributed by atoms with Gasteiger partial charge in [-0.1, -0.05) is 11.6 Å². The van der Waals surface area contributed by atoms with Crippen LogP contribution in [0.3, 0.4) is 0 Å². The van der Waals surface area contributed by atoms with Crippen molar-refractivity contribution >= 4 is 17.3 Å². The van der Waals surface area contributed by atoms with Gasteiger partial charge in [0.15, 0.2) is 0 Å². The van der Waals surface area contributed by atoms with E-state index in [1.165, 1.54) is 12.1 Å². The van der Waals surface area contributed by atoms with Crippen LogP contribution < -0.4 is 5.32 Å². The minimum Gasteiger partial charge on any atom is -0.381 e. The van der Waals surface area contributed by atoms with Crippen LogP contribution in [0.15, 0.2) is 36.4 Å². The number of nitrogens with zero attached hydrogens (tertiary/aromatic N) is 2. The van der Waals surface area contributed by atoms with Crippen LogP contribution in [-0.2, 0) is 6.54 Å². The van der Waals surface area contributed by atoms with Crippen LogP contribution in [0.25, 0.3) is 0 Å². The molecule has 0 unspecified atom stereocenters. The van der Waals surface area contributed by atoms with E-state index >= 15 is 0 Å². The lowest BCUT2D eigenvalue weighted by atomic mass is 10.1. The zero-order chi connectivity index (χ0) is 14.5. The first-order valence-corrected chi connectivity index (χ1v) is 6.13. The van der Waals surface area contributed by atoms with Gasteiger partial charge in [0.1, 0.15) is 18.0 Å². The second kappa shape index (κ2) is 6.06. The minimum absolute atomic E-state index is 0.301. The van der Waals surface area contributed by atoms with Crippen molar-refractivity contribution in [2.24, 2.45) is 0 Å². The number of benzene rings is 2. The molecule has 2 aromatic rings. The first kappa shape index (κ1) is 13.9. The maximum atomic E-state index is 13.2. The van der Waals surface area contributed by atoms with Crippen LogP contribution in [0.2, 0.25) is 5.02 Å². The summed E-state index contributed by atoms with van der Waals surface area (Å²) in [6.07, 6.45) is 0. The van der Waals surface area contributed by atoms with E-state index in [1.807, 2.05) is 12.1 Å². The van der Waals surface area contributed by atoms with Gasteiger partial charge in [0.2, 0.25) is 0 Å². The Morgan fingerprint density at radius 1 is 1.05 bits per heavy atom. The van der Waals surface area contributed by atoms with Crippen LogP contribution >= 0.6 is 11.6 Å². The Morgan fingerprint density at radius 3 is 2.45 bits per heavy atom. The molecule has 2 rings (SSSR count). The maximum Gasteiger partial charge on any atom is 0.125 e.